The molecule has 0 spiro atoms. The average Bonchev–Trinajstić information content (AvgIpc) is 2.78. The number of benzene rings is 2. The second-order valence-corrected chi connectivity index (χ2v) is 7.77. The molecule has 1 heterocycles. The number of carbonyl (C=O) groups excluding carboxylic acids is 2. The molecule has 0 saturated carbocycles. The van der Waals surface area contributed by atoms with E-state index in [2.05, 4.69) is 15.0 Å². The molecule has 1 fully saturated rings. The highest BCUT2D eigenvalue weighted by Crippen LogP contribution is 2.27. The molecular formula is C23H26F3N3O4. The largest absolute Gasteiger partial charge is 0.495 e. The van der Waals surface area contributed by atoms with Gasteiger partial charge in [0.2, 0.25) is 0 Å². The van der Waals surface area contributed by atoms with Gasteiger partial charge in [-0.25, -0.2) is 0 Å². The van der Waals surface area contributed by atoms with E-state index in [-0.39, 0.29) is 12.5 Å². The van der Waals surface area contributed by atoms with Gasteiger partial charge in [-0.1, -0.05) is 12.1 Å². The van der Waals surface area contributed by atoms with E-state index in [0.717, 1.165) is 13.1 Å². The van der Waals surface area contributed by atoms with Gasteiger partial charge in [0.05, 0.1) is 19.4 Å². The molecule has 3 rings (SSSR count). The molecular weight excluding hydrogens is 439 g/mol. The average molecular weight is 465 g/mol. The summed E-state index contributed by atoms with van der Waals surface area (Å²) in [5.41, 5.74) is 1.59. The number of hydrogen-bond donors (Lipinski definition) is 1. The third kappa shape index (κ3) is 6.93. The van der Waals surface area contributed by atoms with Crippen molar-refractivity contribution in [3.63, 3.8) is 0 Å². The van der Waals surface area contributed by atoms with Gasteiger partial charge in [0.1, 0.15) is 12.4 Å². The number of ether oxygens (including phenoxy) is 2. The Labute approximate surface area is 190 Å². The fraction of sp³-hybridized carbons (Fsp3) is 0.391. The first kappa shape index (κ1) is 24.5. The molecule has 7 nitrogen and oxygen atoms in total. The Balaban J connectivity index is 1.67. The lowest BCUT2D eigenvalue weighted by Crippen LogP contribution is -2.47. The molecule has 0 bridgehead atoms. The second kappa shape index (κ2) is 10.7. The number of anilines is 1. The van der Waals surface area contributed by atoms with Crippen LogP contribution in [0.1, 0.15) is 26.3 Å². The Morgan fingerprint density at radius 3 is 2.24 bits per heavy atom. The van der Waals surface area contributed by atoms with E-state index < -0.39 is 18.7 Å². The number of hydrogen-bond acceptors (Lipinski definition) is 5. The lowest BCUT2D eigenvalue weighted by Gasteiger charge is -2.32. The number of likely N-dealkylation sites (N-methyl/N-ethyl adjacent to an activating group) is 1. The number of nitrogens with zero attached hydrogens (tertiary/aromatic N) is 2. The van der Waals surface area contributed by atoms with Crippen molar-refractivity contribution < 1.29 is 32.2 Å². The number of halogens is 3. The standard InChI is InChI=1S/C23H26F3N3O4/c1-28-9-11-29(12-10-28)22(31)18-7-8-20(32-2)19(13-18)27-21(30)17-5-3-16(4-6-17)14-33-15-23(24,25)26/h3-8,13H,9-12,14-15H2,1-2H3,(H,27,30). The lowest BCUT2D eigenvalue weighted by atomic mass is 10.1. The van der Waals surface area contributed by atoms with Crippen LogP contribution < -0.4 is 10.1 Å². The molecule has 1 saturated heterocycles. The minimum Gasteiger partial charge on any atom is -0.495 e. The maximum atomic E-state index is 12.9. The van der Waals surface area contributed by atoms with Crippen LogP contribution in [0.15, 0.2) is 42.5 Å². The van der Waals surface area contributed by atoms with Gasteiger partial charge in [0, 0.05) is 37.3 Å². The molecule has 2 aromatic rings. The normalized spacial score (nSPS) is 14.8. The summed E-state index contributed by atoms with van der Waals surface area (Å²) < 4.78 is 46.5. The van der Waals surface area contributed by atoms with Crippen LogP contribution in [0.2, 0.25) is 0 Å². The van der Waals surface area contributed by atoms with Gasteiger partial charge >= 0.3 is 6.18 Å². The summed E-state index contributed by atoms with van der Waals surface area (Å²) in [6.45, 7) is 1.29. The first-order chi connectivity index (χ1) is 15.7. The van der Waals surface area contributed by atoms with Crippen molar-refractivity contribution in [2.75, 3.05) is 52.3 Å². The molecule has 2 amide bonds. The highest BCUT2D eigenvalue weighted by atomic mass is 19.4. The van der Waals surface area contributed by atoms with Gasteiger partial charge in [-0.05, 0) is 42.9 Å². The van der Waals surface area contributed by atoms with Crippen LogP contribution >= 0.6 is 0 Å². The molecule has 1 aliphatic heterocycles. The molecule has 2 aromatic carbocycles. The fourth-order valence-electron chi connectivity index (χ4n) is 3.36. The topological polar surface area (TPSA) is 71.1 Å². The zero-order valence-electron chi connectivity index (χ0n) is 18.4. The Bertz CT molecular complexity index is 972. The SMILES string of the molecule is COc1ccc(C(=O)N2CCN(C)CC2)cc1NC(=O)c1ccc(COCC(F)(F)F)cc1. The Hall–Kier alpha value is -3.11. The van der Waals surface area contributed by atoms with Crippen LogP contribution in [-0.2, 0) is 11.3 Å². The fourth-order valence-corrected chi connectivity index (χ4v) is 3.36. The predicted octanol–water partition coefficient (Wildman–Crippen LogP) is 3.41. The van der Waals surface area contributed by atoms with Crippen molar-refractivity contribution >= 4 is 17.5 Å². The third-order valence-corrected chi connectivity index (χ3v) is 5.24. The third-order valence-electron chi connectivity index (χ3n) is 5.24. The zero-order chi connectivity index (χ0) is 24.0. The zero-order valence-corrected chi connectivity index (χ0v) is 18.4. The highest BCUT2D eigenvalue weighted by Gasteiger charge is 2.27. The van der Waals surface area contributed by atoms with E-state index >= 15 is 0 Å². The summed E-state index contributed by atoms with van der Waals surface area (Å²) in [5, 5.41) is 2.74. The van der Waals surface area contributed by atoms with Crippen LogP contribution in [0.5, 0.6) is 5.75 Å². The minimum atomic E-state index is -4.39. The van der Waals surface area contributed by atoms with Crippen molar-refractivity contribution in [2.24, 2.45) is 0 Å². The molecule has 0 aromatic heterocycles. The van der Waals surface area contributed by atoms with Crippen LogP contribution in [0.4, 0.5) is 18.9 Å². The molecule has 0 atom stereocenters. The predicted molar refractivity (Wildman–Crippen MR) is 117 cm³/mol. The van der Waals surface area contributed by atoms with Crippen molar-refractivity contribution in [3.8, 4) is 5.75 Å². The molecule has 33 heavy (non-hydrogen) atoms. The first-order valence-corrected chi connectivity index (χ1v) is 10.4. The van der Waals surface area contributed by atoms with Crippen LogP contribution in [0, 0.1) is 0 Å². The summed E-state index contributed by atoms with van der Waals surface area (Å²) in [4.78, 5) is 29.5. The van der Waals surface area contributed by atoms with E-state index in [0.29, 0.717) is 41.2 Å². The van der Waals surface area contributed by atoms with Gasteiger partial charge in [0.15, 0.2) is 0 Å². The van der Waals surface area contributed by atoms with Gasteiger partial charge in [0.25, 0.3) is 11.8 Å². The summed E-state index contributed by atoms with van der Waals surface area (Å²) >= 11 is 0. The lowest BCUT2D eigenvalue weighted by molar-refractivity contribution is -0.176. The van der Waals surface area contributed by atoms with Crippen LogP contribution in [0.3, 0.4) is 0 Å². The van der Waals surface area contributed by atoms with Crippen molar-refractivity contribution in [1.29, 1.82) is 0 Å². The Morgan fingerprint density at radius 1 is 1.00 bits per heavy atom. The second-order valence-electron chi connectivity index (χ2n) is 7.77. The highest BCUT2D eigenvalue weighted by molar-refractivity contribution is 6.06. The van der Waals surface area contributed by atoms with E-state index in [1.165, 1.54) is 31.4 Å². The molecule has 10 heteroatoms. The maximum absolute atomic E-state index is 12.9. The van der Waals surface area contributed by atoms with Crippen molar-refractivity contribution in [1.82, 2.24) is 9.80 Å². The summed E-state index contributed by atoms with van der Waals surface area (Å²) in [6, 6.07) is 10.9. The van der Waals surface area contributed by atoms with Crippen LogP contribution in [-0.4, -0.2) is 74.7 Å². The van der Waals surface area contributed by atoms with Crippen molar-refractivity contribution in [3.05, 3.63) is 59.2 Å². The van der Waals surface area contributed by atoms with Gasteiger partial charge < -0.3 is 24.6 Å². The summed E-state index contributed by atoms with van der Waals surface area (Å²) in [6.07, 6.45) is -4.39. The van der Waals surface area contributed by atoms with Gasteiger partial charge in [-0.15, -0.1) is 0 Å². The van der Waals surface area contributed by atoms with E-state index in [9.17, 15) is 22.8 Å². The van der Waals surface area contributed by atoms with E-state index in [1.807, 2.05) is 7.05 Å². The molecule has 178 valence electrons. The number of piperazine rings is 1. The van der Waals surface area contributed by atoms with Crippen molar-refractivity contribution in [2.45, 2.75) is 12.8 Å². The molecule has 1 N–H and O–H groups in total. The van der Waals surface area contributed by atoms with Gasteiger partial charge in [-0.3, -0.25) is 9.59 Å². The number of rotatable bonds is 7. The summed E-state index contributed by atoms with van der Waals surface area (Å²) in [5.74, 6) is -0.167. The van der Waals surface area contributed by atoms with Crippen LogP contribution in [0.25, 0.3) is 0 Å². The minimum absolute atomic E-state index is 0.121. The summed E-state index contributed by atoms with van der Waals surface area (Å²) in [7, 11) is 3.47. The number of methoxy groups -OCH3 is 1. The molecule has 0 unspecified atom stereocenters. The smallest absolute Gasteiger partial charge is 0.411 e. The quantitative estimate of drug-likeness (QED) is 0.679. The number of carbonyl (C=O) groups is 2. The van der Waals surface area contributed by atoms with Gasteiger partial charge in [-0.2, -0.15) is 13.2 Å². The molecule has 1 aliphatic rings. The molecule has 0 radical (unpaired) electrons. The van der Waals surface area contributed by atoms with E-state index in [4.69, 9.17) is 4.74 Å². The first-order valence-electron chi connectivity index (χ1n) is 10.4. The maximum Gasteiger partial charge on any atom is 0.411 e. The monoisotopic (exact) mass is 465 g/mol. The number of alkyl halides is 3. The number of nitrogens with one attached hydrogen (secondary N) is 1. The Morgan fingerprint density at radius 2 is 1.64 bits per heavy atom. The molecule has 0 aliphatic carbocycles. The Kier molecular flexibility index (Phi) is 7.93. The number of amides is 2. The van der Waals surface area contributed by atoms with E-state index in [1.54, 1.807) is 23.1 Å².